The van der Waals surface area contributed by atoms with E-state index < -0.39 is 6.10 Å². The van der Waals surface area contributed by atoms with Crippen LogP contribution in [0.1, 0.15) is 36.7 Å². The highest BCUT2D eigenvalue weighted by Crippen LogP contribution is 2.21. The zero-order chi connectivity index (χ0) is 10.5. The second kappa shape index (κ2) is 5.61. The minimum atomic E-state index is -0.452. The molecule has 4 heteroatoms. The maximum atomic E-state index is 9.75. The van der Waals surface area contributed by atoms with Crippen LogP contribution >= 0.6 is 11.3 Å². The lowest BCUT2D eigenvalue weighted by molar-refractivity contribution is -0.0368. The first kappa shape index (κ1) is 11.1. The highest BCUT2D eigenvalue weighted by Gasteiger charge is 2.16. The van der Waals surface area contributed by atoms with Gasteiger partial charge in [-0.3, -0.25) is 4.84 Å². The number of aliphatic hydroxyl groups excluding tert-OH is 1. The van der Waals surface area contributed by atoms with Crippen LogP contribution in [-0.2, 0) is 4.84 Å². The van der Waals surface area contributed by atoms with Gasteiger partial charge < -0.3 is 5.11 Å². The molecule has 0 aliphatic heterocycles. The summed E-state index contributed by atoms with van der Waals surface area (Å²) in [7, 11) is 0. The molecule has 1 aliphatic carbocycles. The van der Waals surface area contributed by atoms with Crippen LogP contribution in [-0.4, -0.2) is 17.8 Å². The average Bonchev–Trinajstić information content (AvgIpc) is 2.90. The molecule has 0 amide bonds. The molecular formula is C11H17NO2S. The monoisotopic (exact) mass is 227 g/mol. The third-order valence-electron chi connectivity index (χ3n) is 2.70. The van der Waals surface area contributed by atoms with Crippen molar-refractivity contribution in [3.8, 4) is 0 Å². The summed E-state index contributed by atoms with van der Waals surface area (Å²) in [5.74, 6) is 0. The first-order valence-electron chi connectivity index (χ1n) is 5.46. The van der Waals surface area contributed by atoms with Crippen LogP contribution in [0.15, 0.2) is 17.5 Å². The van der Waals surface area contributed by atoms with Crippen molar-refractivity contribution in [2.45, 2.75) is 37.9 Å². The molecule has 1 heterocycles. The molecule has 2 rings (SSSR count). The van der Waals surface area contributed by atoms with E-state index in [1.165, 1.54) is 12.8 Å². The summed E-state index contributed by atoms with van der Waals surface area (Å²) in [6, 6.07) is 3.88. The first-order valence-corrected chi connectivity index (χ1v) is 6.34. The van der Waals surface area contributed by atoms with Gasteiger partial charge >= 0.3 is 0 Å². The van der Waals surface area contributed by atoms with Crippen LogP contribution in [0, 0.1) is 0 Å². The van der Waals surface area contributed by atoms with Gasteiger partial charge in [0.2, 0.25) is 0 Å². The number of rotatable bonds is 5. The zero-order valence-corrected chi connectivity index (χ0v) is 9.50. The fraction of sp³-hybridized carbons (Fsp3) is 0.636. The van der Waals surface area contributed by atoms with Gasteiger partial charge in [-0.1, -0.05) is 18.9 Å². The molecule has 1 aromatic heterocycles. The summed E-state index contributed by atoms with van der Waals surface area (Å²) < 4.78 is 0. The Hall–Kier alpha value is -0.420. The molecule has 0 bridgehead atoms. The van der Waals surface area contributed by atoms with Crippen LogP contribution < -0.4 is 5.48 Å². The van der Waals surface area contributed by atoms with E-state index in [1.807, 2.05) is 17.5 Å². The van der Waals surface area contributed by atoms with Gasteiger partial charge in [0.15, 0.2) is 0 Å². The molecule has 1 aliphatic rings. The van der Waals surface area contributed by atoms with Crippen LogP contribution in [0.2, 0.25) is 0 Å². The van der Waals surface area contributed by atoms with Gasteiger partial charge in [-0.2, -0.15) is 5.48 Å². The molecule has 1 saturated carbocycles. The Balaban J connectivity index is 1.65. The van der Waals surface area contributed by atoms with Gasteiger partial charge in [0.05, 0.1) is 12.6 Å². The predicted molar refractivity (Wildman–Crippen MR) is 60.6 cm³/mol. The SMILES string of the molecule is OC(CNOC1CCCC1)c1cccs1. The van der Waals surface area contributed by atoms with Crippen molar-refractivity contribution < 1.29 is 9.94 Å². The van der Waals surface area contributed by atoms with Gasteiger partial charge in [-0.15, -0.1) is 11.3 Å². The molecule has 3 nitrogen and oxygen atoms in total. The standard InChI is InChI=1S/C11H17NO2S/c13-10(11-6-3-7-15-11)8-12-14-9-4-1-2-5-9/h3,6-7,9-10,12-13H,1-2,4-5,8H2. The number of aliphatic hydroxyl groups is 1. The molecule has 0 radical (unpaired) electrons. The normalized spacial score (nSPS) is 19.5. The van der Waals surface area contributed by atoms with Crippen LogP contribution in [0.25, 0.3) is 0 Å². The molecule has 2 N–H and O–H groups in total. The highest BCUT2D eigenvalue weighted by molar-refractivity contribution is 7.10. The second-order valence-electron chi connectivity index (χ2n) is 3.90. The summed E-state index contributed by atoms with van der Waals surface area (Å²) in [4.78, 5) is 6.45. The smallest absolute Gasteiger partial charge is 0.103 e. The number of thiophene rings is 1. The van der Waals surface area contributed by atoms with E-state index >= 15 is 0 Å². The summed E-state index contributed by atoms with van der Waals surface area (Å²) >= 11 is 1.57. The van der Waals surface area contributed by atoms with Crippen molar-refractivity contribution in [1.82, 2.24) is 5.48 Å². The van der Waals surface area contributed by atoms with Crippen molar-refractivity contribution in [1.29, 1.82) is 0 Å². The van der Waals surface area contributed by atoms with Gasteiger partial charge in [0, 0.05) is 4.88 Å². The maximum Gasteiger partial charge on any atom is 0.103 e. The minimum Gasteiger partial charge on any atom is -0.386 e. The number of hydrogen-bond acceptors (Lipinski definition) is 4. The Morgan fingerprint density at radius 3 is 3.00 bits per heavy atom. The molecule has 0 spiro atoms. The van der Waals surface area contributed by atoms with E-state index in [2.05, 4.69) is 5.48 Å². The van der Waals surface area contributed by atoms with Gasteiger partial charge in [-0.05, 0) is 24.3 Å². The lowest BCUT2D eigenvalue weighted by Gasteiger charge is -2.14. The van der Waals surface area contributed by atoms with Crippen molar-refractivity contribution in [2.24, 2.45) is 0 Å². The van der Waals surface area contributed by atoms with E-state index in [0.717, 1.165) is 17.7 Å². The van der Waals surface area contributed by atoms with Crippen LogP contribution in [0.5, 0.6) is 0 Å². The molecular weight excluding hydrogens is 210 g/mol. The fourth-order valence-corrected chi connectivity index (χ4v) is 2.54. The molecule has 15 heavy (non-hydrogen) atoms. The summed E-state index contributed by atoms with van der Waals surface area (Å²) in [5, 5.41) is 11.7. The van der Waals surface area contributed by atoms with Crippen LogP contribution in [0.4, 0.5) is 0 Å². The second-order valence-corrected chi connectivity index (χ2v) is 4.88. The Kier molecular flexibility index (Phi) is 4.14. The van der Waals surface area contributed by atoms with Crippen molar-refractivity contribution in [2.75, 3.05) is 6.54 Å². The van der Waals surface area contributed by atoms with E-state index in [4.69, 9.17) is 4.84 Å². The van der Waals surface area contributed by atoms with Crippen LogP contribution in [0.3, 0.4) is 0 Å². The molecule has 0 saturated heterocycles. The zero-order valence-electron chi connectivity index (χ0n) is 8.69. The fourth-order valence-electron chi connectivity index (χ4n) is 1.83. The maximum absolute atomic E-state index is 9.75. The van der Waals surface area contributed by atoms with Gasteiger partial charge in [0.1, 0.15) is 6.10 Å². The molecule has 1 aromatic rings. The Morgan fingerprint density at radius 1 is 1.53 bits per heavy atom. The third-order valence-corrected chi connectivity index (χ3v) is 3.67. The molecule has 1 unspecified atom stereocenters. The molecule has 1 fully saturated rings. The highest BCUT2D eigenvalue weighted by atomic mass is 32.1. The Morgan fingerprint density at radius 2 is 2.33 bits per heavy atom. The van der Waals surface area contributed by atoms with E-state index in [9.17, 15) is 5.11 Å². The van der Waals surface area contributed by atoms with Gasteiger partial charge in [0.25, 0.3) is 0 Å². The molecule has 0 aromatic carbocycles. The largest absolute Gasteiger partial charge is 0.386 e. The molecule has 84 valence electrons. The van der Waals surface area contributed by atoms with E-state index in [1.54, 1.807) is 11.3 Å². The Labute approximate surface area is 94.0 Å². The van der Waals surface area contributed by atoms with Crippen molar-refractivity contribution in [3.63, 3.8) is 0 Å². The van der Waals surface area contributed by atoms with Gasteiger partial charge in [-0.25, -0.2) is 0 Å². The topological polar surface area (TPSA) is 41.5 Å². The van der Waals surface area contributed by atoms with E-state index in [-0.39, 0.29) is 0 Å². The summed E-state index contributed by atoms with van der Waals surface area (Å²) in [6.07, 6.45) is 4.70. The van der Waals surface area contributed by atoms with Crippen molar-refractivity contribution >= 4 is 11.3 Å². The third kappa shape index (κ3) is 3.28. The predicted octanol–water partition coefficient (Wildman–Crippen LogP) is 2.25. The summed E-state index contributed by atoms with van der Waals surface area (Å²) in [5.41, 5.74) is 2.87. The minimum absolute atomic E-state index is 0.348. The quantitative estimate of drug-likeness (QED) is 0.758. The Bertz CT molecular complexity index is 270. The lowest BCUT2D eigenvalue weighted by atomic mass is 10.3. The lowest BCUT2D eigenvalue weighted by Crippen LogP contribution is -2.26. The van der Waals surface area contributed by atoms with Crippen molar-refractivity contribution in [3.05, 3.63) is 22.4 Å². The first-order chi connectivity index (χ1) is 7.36. The molecule has 1 atom stereocenters. The van der Waals surface area contributed by atoms with E-state index in [0.29, 0.717) is 12.6 Å². The number of nitrogens with one attached hydrogen (secondary N) is 1. The number of hydrogen-bond donors (Lipinski definition) is 2. The average molecular weight is 227 g/mol. The summed E-state index contributed by atoms with van der Waals surface area (Å²) in [6.45, 7) is 0.469. The number of hydroxylamine groups is 1.